The van der Waals surface area contributed by atoms with Gasteiger partial charge < -0.3 is 40.0 Å². The Labute approximate surface area is 347 Å². The molecule has 1 amide bonds. The van der Waals surface area contributed by atoms with Crippen molar-refractivity contribution >= 4 is 23.0 Å². The number of carbonyl (C=O) groups is 2. The lowest BCUT2D eigenvalue weighted by molar-refractivity contribution is -0.0336. The number of aliphatic hydroxyl groups is 1. The van der Waals surface area contributed by atoms with Crippen LogP contribution >= 0.6 is 0 Å². The summed E-state index contributed by atoms with van der Waals surface area (Å²) in [7, 11) is 0. The van der Waals surface area contributed by atoms with Crippen LogP contribution in [-0.2, 0) is 29.2 Å². The maximum absolute atomic E-state index is 13.2. The molecule has 4 heterocycles. The fraction of sp³-hybridized carbons (Fsp3) is 0.271. The van der Waals surface area contributed by atoms with E-state index in [1.165, 1.54) is 12.1 Å². The van der Waals surface area contributed by atoms with Crippen LogP contribution in [0.4, 0.5) is 4.79 Å². The average Bonchev–Trinajstić information content (AvgIpc) is 3.28. The maximum Gasteiger partial charge on any atom is 0.408 e. The molecule has 3 saturated heterocycles. The first kappa shape index (κ1) is 40.3. The number of carbonyl (C=O) groups excluding carboxylic acids is 2. The standard InChI is InChI=1S/C48H48N4O8/c53-41-18-16-39(40-17-19-44(55)50-46(40)41)42(54)27-49-26-32-6-4-7-33(24-32)30-59-47(56)36-14-12-31(13-15-36)29-58-38-11-5-10-37(25-38)45(35-8-2-1-3-9-35)51-48(57)60-43-28-52-22-20-34(43)21-23-52/h1-19,24-25,34,42-43,45,49,53-54H,20-23,26-30H2,(H,50,55)(H,51,57). The number of hydrogen-bond donors (Lipinski definition) is 5. The minimum atomic E-state index is -0.884. The third kappa shape index (κ3) is 9.86. The Morgan fingerprint density at radius 1 is 0.800 bits per heavy atom. The monoisotopic (exact) mass is 808 g/mol. The van der Waals surface area contributed by atoms with Crippen LogP contribution in [0.2, 0.25) is 0 Å². The summed E-state index contributed by atoms with van der Waals surface area (Å²) >= 11 is 0. The molecule has 3 unspecified atom stereocenters. The molecule has 308 valence electrons. The van der Waals surface area contributed by atoms with Gasteiger partial charge >= 0.3 is 12.1 Å². The molecule has 3 fully saturated rings. The third-order valence-electron chi connectivity index (χ3n) is 11.3. The van der Waals surface area contributed by atoms with Crippen LogP contribution < -0.4 is 20.9 Å². The first-order chi connectivity index (χ1) is 29.3. The maximum atomic E-state index is 13.2. The summed E-state index contributed by atoms with van der Waals surface area (Å²) in [6, 6.07) is 37.8. The number of rotatable bonds is 15. The molecule has 9 rings (SSSR count). The molecule has 0 aliphatic carbocycles. The van der Waals surface area contributed by atoms with Gasteiger partial charge in [0.2, 0.25) is 5.56 Å². The van der Waals surface area contributed by atoms with Crippen LogP contribution in [0.15, 0.2) is 132 Å². The van der Waals surface area contributed by atoms with Crippen molar-refractivity contribution in [1.29, 1.82) is 0 Å². The van der Waals surface area contributed by atoms with E-state index in [-0.39, 0.29) is 42.7 Å². The average molecular weight is 809 g/mol. The van der Waals surface area contributed by atoms with Crippen LogP contribution in [0.25, 0.3) is 10.9 Å². The van der Waals surface area contributed by atoms with Gasteiger partial charge in [0, 0.05) is 31.1 Å². The number of benzene rings is 5. The van der Waals surface area contributed by atoms with Crippen molar-refractivity contribution in [2.24, 2.45) is 5.92 Å². The zero-order valence-corrected chi connectivity index (χ0v) is 33.1. The minimum absolute atomic E-state index is 0.0622. The number of ether oxygens (including phenoxy) is 3. The number of nitrogens with one attached hydrogen (secondary N) is 3. The number of fused-ring (bicyclic) bond motifs is 4. The van der Waals surface area contributed by atoms with Gasteiger partial charge in [0.05, 0.1) is 23.2 Å². The van der Waals surface area contributed by atoms with Gasteiger partial charge in [0.15, 0.2) is 0 Å². The SMILES string of the molecule is O=C(NC(c1ccccc1)c1cccc(OCc2ccc(C(=O)OCc3cccc(CNCC(O)c4ccc(O)c5[nH]c(=O)ccc45)c3)cc2)c1)OC1CN2CCC1CC2. The lowest BCUT2D eigenvalue weighted by Gasteiger charge is -2.43. The van der Waals surface area contributed by atoms with Crippen molar-refractivity contribution in [3.05, 3.63) is 177 Å². The van der Waals surface area contributed by atoms with E-state index in [0.29, 0.717) is 34.7 Å². The molecule has 5 N–H and O–H groups in total. The van der Waals surface area contributed by atoms with Crippen LogP contribution in [0.3, 0.4) is 0 Å². The molecule has 12 nitrogen and oxygen atoms in total. The van der Waals surface area contributed by atoms with Crippen LogP contribution in [0, 0.1) is 5.92 Å². The molecular weight excluding hydrogens is 761 g/mol. The molecule has 3 aliphatic rings. The second kappa shape index (κ2) is 18.6. The quantitative estimate of drug-likeness (QED) is 0.0690. The predicted octanol–water partition coefficient (Wildman–Crippen LogP) is 6.90. The number of H-pyrrole nitrogens is 1. The Kier molecular flexibility index (Phi) is 12.5. The largest absolute Gasteiger partial charge is 0.506 e. The summed E-state index contributed by atoms with van der Waals surface area (Å²) < 4.78 is 17.8. The van der Waals surface area contributed by atoms with E-state index in [1.54, 1.807) is 24.3 Å². The molecular formula is C48H48N4O8. The Hall–Kier alpha value is -6.47. The number of nitrogens with zero attached hydrogens (tertiary/aromatic N) is 1. The van der Waals surface area contributed by atoms with E-state index in [1.807, 2.05) is 91.0 Å². The smallest absolute Gasteiger partial charge is 0.408 e. The van der Waals surface area contributed by atoms with E-state index in [9.17, 15) is 24.6 Å². The van der Waals surface area contributed by atoms with Crippen molar-refractivity contribution < 1.29 is 34.0 Å². The number of aromatic hydroxyl groups is 1. The van der Waals surface area contributed by atoms with Crippen LogP contribution in [0.5, 0.6) is 11.5 Å². The molecule has 1 aromatic heterocycles. The Bertz CT molecular complexity index is 2480. The Morgan fingerprint density at radius 3 is 2.35 bits per heavy atom. The highest BCUT2D eigenvalue weighted by Gasteiger charge is 2.37. The Balaban J connectivity index is 0.817. The van der Waals surface area contributed by atoms with Crippen molar-refractivity contribution in [3.63, 3.8) is 0 Å². The second-order valence-corrected chi connectivity index (χ2v) is 15.5. The van der Waals surface area contributed by atoms with Crippen molar-refractivity contribution in [2.75, 3.05) is 26.2 Å². The zero-order chi connectivity index (χ0) is 41.4. The molecule has 6 aromatic rings. The molecule has 0 spiro atoms. The Morgan fingerprint density at radius 2 is 1.57 bits per heavy atom. The van der Waals surface area contributed by atoms with Gasteiger partial charge in [-0.05, 0) is 102 Å². The zero-order valence-electron chi connectivity index (χ0n) is 33.1. The minimum Gasteiger partial charge on any atom is -0.506 e. The van der Waals surface area contributed by atoms with Crippen LogP contribution in [0.1, 0.15) is 68.7 Å². The van der Waals surface area contributed by atoms with E-state index in [0.717, 1.165) is 60.3 Å². The highest BCUT2D eigenvalue weighted by Crippen LogP contribution is 2.31. The number of esters is 1. The summed E-state index contributed by atoms with van der Waals surface area (Å²) in [6.45, 7) is 3.99. The fourth-order valence-corrected chi connectivity index (χ4v) is 8.10. The number of pyridine rings is 1. The predicted molar refractivity (Wildman–Crippen MR) is 227 cm³/mol. The number of hydrogen-bond acceptors (Lipinski definition) is 10. The lowest BCUT2D eigenvalue weighted by Crippen LogP contribution is -2.52. The summed E-state index contributed by atoms with van der Waals surface area (Å²) in [5.74, 6) is 0.545. The number of alkyl carbamates (subject to hydrolysis) is 1. The molecule has 0 saturated carbocycles. The number of piperidine rings is 3. The van der Waals surface area contributed by atoms with Crippen LogP contribution in [-0.4, -0.2) is 64.4 Å². The van der Waals surface area contributed by atoms with E-state index < -0.39 is 24.2 Å². The number of phenols is 1. The topological polar surface area (TPSA) is 162 Å². The second-order valence-electron chi connectivity index (χ2n) is 15.5. The van der Waals surface area contributed by atoms with Gasteiger partial charge in [-0.3, -0.25) is 9.69 Å². The summed E-state index contributed by atoms with van der Waals surface area (Å²) in [5.41, 5.74) is 5.38. The molecule has 60 heavy (non-hydrogen) atoms. The van der Waals surface area contributed by atoms with Crippen molar-refractivity contribution in [3.8, 4) is 11.5 Å². The molecule has 3 aliphatic heterocycles. The van der Waals surface area contributed by atoms with Gasteiger partial charge in [0.1, 0.15) is 30.8 Å². The lowest BCUT2D eigenvalue weighted by atomic mass is 9.86. The van der Waals surface area contributed by atoms with Gasteiger partial charge in [-0.15, -0.1) is 0 Å². The third-order valence-corrected chi connectivity index (χ3v) is 11.3. The molecule has 0 radical (unpaired) electrons. The summed E-state index contributed by atoms with van der Waals surface area (Å²) in [5, 5.41) is 28.0. The first-order valence-electron chi connectivity index (χ1n) is 20.3. The van der Waals surface area contributed by atoms with Gasteiger partial charge in [-0.1, -0.05) is 84.9 Å². The van der Waals surface area contributed by atoms with Gasteiger partial charge in [0.25, 0.3) is 0 Å². The number of aromatic amines is 1. The van der Waals surface area contributed by atoms with E-state index >= 15 is 0 Å². The van der Waals surface area contributed by atoms with Crippen molar-refractivity contribution in [1.82, 2.24) is 20.5 Å². The fourth-order valence-electron chi connectivity index (χ4n) is 8.10. The number of amides is 1. The molecule has 5 aromatic carbocycles. The van der Waals surface area contributed by atoms with E-state index in [4.69, 9.17) is 14.2 Å². The number of phenolic OH excluding ortho intramolecular Hbond substituents is 1. The summed E-state index contributed by atoms with van der Waals surface area (Å²) in [6.07, 6.45) is 0.722. The molecule has 12 heteroatoms. The van der Waals surface area contributed by atoms with Gasteiger partial charge in [-0.25, -0.2) is 9.59 Å². The molecule has 3 atom stereocenters. The highest BCUT2D eigenvalue weighted by atomic mass is 16.6. The first-order valence-corrected chi connectivity index (χ1v) is 20.3. The normalized spacial score (nSPS) is 18.1. The van der Waals surface area contributed by atoms with E-state index in [2.05, 4.69) is 20.5 Å². The number of aromatic nitrogens is 1. The molecule has 2 bridgehead atoms. The highest BCUT2D eigenvalue weighted by molar-refractivity contribution is 5.89. The summed E-state index contributed by atoms with van der Waals surface area (Å²) in [4.78, 5) is 42.9. The number of aliphatic hydroxyl groups excluding tert-OH is 1. The van der Waals surface area contributed by atoms with Crippen molar-refractivity contribution in [2.45, 2.75) is 50.8 Å². The van der Waals surface area contributed by atoms with Gasteiger partial charge in [-0.2, -0.15) is 0 Å².